The van der Waals surface area contributed by atoms with Crippen LogP contribution in [0.1, 0.15) is 17.2 Å². The number of para-hydroxylation sites is 1. The van der Waals surface area contributed by atoms with Crippen molar-refractivity contribution in [3.05, 3.63) is 53.6 Å². The highest BCUT2D eigenvalue weighted by Gasteiger charge is 2.18. The molecular weight excluding hydrogens is 350 g/mol. The highest BCUT2D eigenvalue weighted by Crippen LogP contribution is 2.29. The van der Waals surface area contributed by atoms with E-state index in [9.17, 15) is 14.7 Å². The fourth-order valence-electron chi connectivity index (χ4n) is 2.32. The van der Waals surface area contributed by atoms with Crippen LogP contribution in [0.25, 0.3) is 0 Å². The summed E-state index contributed by atoms with van der Waals surface area (Å²) in [6.45, 7) is -0.179. The first kappa shape index (κ1) is 19.8. The van der Waals surface area contributed by atoms with Gasteiger partial charge in [-0.25, -0.2) is 0 Å². The number of nitrogens with one attached hydrogen (secondary N) is 2. The molecule has 0 fully saturated rings. The van der Waals surface area contributed by atoms with Gasteiger partial charge in [-0.1, -0.05) is 18.2 Å². The standard InChI is InChI=1S/C19H19N3O5/c1-26-16-8-7-12(9-17(16)27-2)15(23)11-21-18(24)19(25)22-14-6-4-3-5-13(14)10-20/h3-9,15,23H,11H2,1-2H3,(H,21,24)(H,22,25). The van der Waals surface area contributed by atoms with E-state index >= 15 is 0 Å². The number of benzene rings is 2. The first-order valence-corrected chi connectivity index (χ1v) is 7.98. The van der Waals surface area contributed by atoms with E-state index in [0.29, 0.717) is 17.1 Å². The van der Waals surface area contributed by atoms with Crippen LogP contribution in [0.2, 0.25) is 0 Å². The van der Waals surface area contributed by atoms with Crippen molar-refractivity contribution in [2.75, 3.05) is 26.1 Å². The van der Waals surface area contributed by atoms with Crippen molar-refractivity contribution in [2.45, 2.75) is 6.10 Å². The second-order valence-corrected chi connectivity index (χ2v) is 5.45. The number of aliphatic hydroxyl groups excluding tert-OH is 1. The molecule has 0 radical (unpaired) electrons. The third kappa shape index (κ3) is 4.96. The van der Waals surface area contributed by atoms with Crippen LogP contribution >= 0.6 is 0 Å². The lowest BCUT2D eigenvalue weighted by Gasteiger charge is -2.15. The summed E-state index contributed by atoms with van der Waals surface area (Å²) in [7, 11) is 2.97. The SMILES string of the molecule is COc1ccc(C(O)CNC(=O)C(=O)Nc2ccccc2C#N)cc1OC. The second-order valence-electron chi connectivity index (χ2n) is 5.45. The number of aliphatic hydroxyl groups is 1. The van der Waals surface area contributed by atoms with Crippen molar-refractivity contribution < 1.29 is 24.2 Å². The van der Waals surface area contributed by atoms with E-state index in [0.717, 1.165) is 0 Å². The molecular formula is C19H19N3O5. The Morgan fingerprint density at radius 3 is 2.48 bits per heavy atom. The second kappa shape index (κ2) is 9.22. The predicted molar refractivity (Wildman–Crippen MR) is 97.3 cm³/mol. The molecule has 2 amide bonds. The van der Waals surface area contributed by atoms with Gasteiger partial charge >= 0.3 is 11.8 Å². The van der Waals surface area contributed by atoms with Crippen LogP contribution in [0.5, 0.6) is 11.5 Å². The first-order chi connectivity index (χ1) is 13.0. The third-order valence-corrected chi connectivity index (χ3v) is 3.75. The molecule has 2 aromatic rings. The molecule has 3 N–H and O–H groups in total. The lowest BCUT2D eigenvalue weighted by molar-refractivity contribution is -0.136. The Balaban J connectivity index is 1.96. The van der Waals surface area contributed by atoms with Crippen LogP contribution in [0.3, 0.4) is 0 Å². The summed E-state index contributed by atoms with van der Waals surface area (Å²) in [6, 6.07) is 13.1. The third-order valence-electron chi connectivity index (χ3n) is 3.75. The van der Waals surface area contributed by atoms with E-state index in [2.05, 4.69) is 10.6 Å². The zero-order valence-electron chi connectivity index (χ0n) is 14.9. The van der Waals surface area contributed by atoms with E-state index in [-0.39, 0.29) is 17.8 Å². The molecule has 27 heavy (non-hydrogen) atoms. The lowest BCUT2D eigenvalue weighted by Crippen LogP contribution is -2.37. The zero-order chi connectivity index (χ0) is 19.8. The maximum absolute atomic E-state index is 12.0. The molecule has 1 atom stereocenters. The van der Waals surface area contributed by atoms with Gasteiger partial charge in [0.2, 0.25) is 0 Å². The minimum Gasteiger partial charge on any atom is -0.493 e. The van der Waals surface area contributed by atoms with E-state index in [1.54, 1.807) is 30.3 Å². The van der Waals surface area contributed by atoms with E-state index in [1.807, 2.05) is 6.07 Å². The summed E-state index contributed by atoms with van der Waals surface area (Å²) in [5.41, 5.74) is 0.966. The Kier molecular flexibility index (Phi) is 6.74. The summed E-state index contributed by atoms with van der Waals surface area (Å²) in [5, 5.41) is 23.9. The molecule has 0 heterocycles. The Morgan fingerprint density at radius 2 is 1.81 bits per heavy atom. The number of rotatable bonds is 6. The molecule has 0 aliphatic carbocycles. The molecule has 0 spiro atoms. The summed E-state index contributed by atoms with van der Waals surface area (Å²) in [5.74, 6) is -0.918. The van der Waals surface area contributed by atoms with Crippen molar-refractivity contribution >= 4 is 17.5 Å². The molecule has 2 aromatic carbocycles. The van der Waals surface area contributed by atoms with Gasteiger partial charge in [-0.2, -0.15) is 5.26 Å². The van der Waals surface area contributed by atoms with Gasteiger partial charge in [0.05, 0.1) is 31.6 Å². The Labute approximate surface area is 156 Å². The van der Waals surface area contributed by atoms with Gasteiger partial charge < -0.3 is 25.2 Å². The average Bonchev–Trinajstić information content (AvgIpc) is 2.71. The highest BCUT2D eigenvalue weighted by atomic mass is 16.5. The molecule has 0 aliphatic rings. The number of carbonyl (C=O) groups excluding carboxylic acids is 2. The van der Waals surface area contributed by atoms with Gasteiger partial charge in [0.1, 0.15) is 6.07 Å². The number of amides is 2. The zero-order valence-corrected chi connectivity index (χ0v) is 14.9. The molecule has 0 aromatic heterocycles. The van der Waals surface area contributed by atoms with Crippen molar-refractivity contribution in [3.63, 3.8) is 0 Å². The lowest BCUT2D eigenvalue weighted by atomic mass is 10.1. The first-order valence-electron chi connectivity index (χ1n) is 7.98. The Bertz CT molecular complexity index is 876. The molecule has 0 bridgehead atoms. The van der Waals surface area contributed by atoms with Crippen molar-refractivity contribution in [1.29, 1.82) is 5.26 Å². The van der Waals surface area contributed by atoms with Gasteiger partial charge in [0.25, 0.3) is 0 Å². The monoisotopic (exact) mass is 369 g/mol. The average molecular weight is 369 g/mol. The molecule has 8 nitrogen and oxygen atoms in total. The topological polar surface area (TPSA) is 121 Å². The molecule has 0 aliphatic heterocycles. The number of carbonyl (C=O) groups is 2. The Hall–Kier alpha value is -3.57. The van der Waals surface area contributed by atoms with E-state index in [1.165, 1.54) is 26.4 Å². The summed E-state index contributed by atoms with van der Waals surface area (Å²) < 4.78 is 10.3. The number of methoxy groups -OCH3 is 2. The molecule has 2 rings (SSSR count). The largest absolute Gasteiger partial charge is 0.493 e. The quantitative estimate of drug-likeness (QED) is 0.661. The van der Waals surface area contributed by atoms with Gasteiger partial charge in [-0.15, -0.1) is 0 Å². The number of nitrogens with zero attached hydrogens (tertiary/aromatic N) is 1. The van der Waals surface area contributed by atoms with Crippen LogP contribution < -0.4 is 20.1 Å². The minimum atomic E-state index is -1.05. The highest BCUT2D eigenvalue weighted by molar-refractivity contribution is 6.39. The normalized spacial score (nSPS) is 11.0. The smallest absolute Gasteiger partial charge is 0.313 e. The maximum atomic E-state index is 12.0. The molecule has 8 heteroatoms. The number of anilines is 1. The number of hydrogen-bond donors (Lipinski definition) is 3. The minimum absolute atomic E-state index is 0.179. The summed E-state index contributed by atoms with van der Waals surface area (Å²) >= 11 is 0. The van der Waals surface area contributed by atoms with E-state index in [4.69, 9.17) is 14.7 Å². The van der Waals surface area contributed by atoms with Crippen LogP contribution in [0, 0.1) is 11.3 Å². The molecule has 0 saturated heterocycles. The summed E-state index contributed by atoms with van der Waals surface area (Å²) in [4.78, 5) is 23.9. The van der Waals surface area contributed by atoms with Crippen molar-refractivity contribution in [2.24, 2.45) is 0 Å². The number of ether oxygens (including phenoxy) is 2. The van der Waals surface area contributed by atoms with Crippen molar-refractivity contribution in [3.8, 4) is 17.6 Å². The predicted octanol–water partition coefficient (Wildman–Crippen LogP) is 1.36. The van der Waals surface area contributed by atoms with Crippen LogP contribution in [0.15, 0.2) is 42.5 Å². The van der Waals surface area contributed by atoms with Crippen LogP contribution in [0.4, 0.5) is 5.69 Å². The van der Waals surface area contributed by atoms with Crippen LogP contribution in [-0.4, -0.2) is 37.7 Å². The number of hydrogen-bond acceptors (Lipinski definition) is 6. The van der Waals surface area contributed by atoms with Crippen molar-refractivity contribution in [1.82, 2.24) is 5.32 Å². The maximum Gasteiger partial charge on any atom is 0.313 e. The van der Waals surface area contributed by atoms with Gasteiger partial charge in [0.15, 0.2) is 11.5 Å². The van der Waals surface area contributed by atoms with Gasteiger partial charge in [0, 0.05) is 6.54 Å². The van der Waals surface area contributed by atoms with E-state index < -0.39 is 17.9 Å². The molecule has 140 valence electrons. The molecule has 1 unspecified atom stereocenters. The fourth-order valence-corrected chi connectivity index (χ4v) is 2.32. The Morgan fingerprint density at radius 1 is 1.11 bits per heavy atom. The number of nitriles is 1. The summed E-state index contributed by atoms with van der Waals surface area (Å²) in [6.07, 6.45) is -1.05. The fraction of sp³-hybridized carbons (Fsp3) is 0.211. The molecule has 0 saturated carbocycles. The van der Waals surface area contributed by atoms with Gasteiger partial charge in [-0.05, 0) is 29.8 Å². The van der Waals surface area contributed by atoms with Crippen LogP contribution in [-0.2, 0) is 9.59 Å². The van der Waals surface area contributed by atoms with Gasteiger partial charge in [-0.3, -0.25) is 9.59 Å².